The molecule has 14 heavy (non-hydrogen) atoms. The minimum Gasteiger partial charge on any atom is -0.282 e. The Morgan fingerprint density at radius 1 is 1.07 bits per heavy atom. The zero-order chi connectivity index (χ0) is 9.54. The average molecular weight is 182 g/mol. The van der Waals surface area contributed by atoms with E-state index in [0.29, 0.717) is 0 Å². The molecular weight excluding hydrogens is 172 g/mol. The highest BCUT2D eigenvalue weighted by atomic mass is 15.1. The van der Waals surface area contributed by atoms with Crippen LogP contribution < -0.4 is 0 Å². The van der Waals surface area contributed by atoms with Crippen molar-refractivity contribution in [2.24, 2.45) is 0 Å². The Balaban J connectivity index is 2.65. The largest absolute Gasteiger partial charge is 0.282 e. The number of nitrogens with zero attached hydrogens (tertiary/aromatic N) is 1. The molecule has 0 unspecified atom stereocenters. The number of aryl methyl sites for hydroxylation is 1. The number of hydrogen-bond acceptors (Lipinski definition) is 1. The summed E-state index contributed by atoms with van der Waals surface area (Å²) < 4.78 is 0. The summed E-state index contributed by atoms with van der Waals surface area (Å²) in [4.78, 5) is 0. The molecule has 0 aliphatic rings. The summed E-state index contributed by atoms with van der Waals surface area (Å²) in [6.07, 6.45) is 0. The normalized spacial score (nSPS) is 11.2. The topological polar surface area (TPSA) is 28.7 Å². The second-order valence-corrected chi connectivity index (χ2v) is 3.53. The third-order valence-electron chi connectivity index (χ3n) is 2.63. The van der Waals surface area contributed by atoms with Crippen molar-refractivity contribution >= 4 is 21.7 Å². The van der Waals surface area contributed by atoms with Crippen LogP contribution in [0.25, 0.3) is 21.7 Å². The van der Waals surface area contributed by atoms with Crippen LogP contribution in [0.5, 0.6) is 0 Å². The van der Waals surface area contributed by atoms with Gasteiger partial charge < -0.3 is 0 Å². The molecule has 0 spiro atoms. The molecule has 3 aromatic rings. The molecule has 2 aromatic carbocycles. The second-order valence-electron chi connectivity index (χ2n) is 3.53. The van der Waals surface area contributed by atoms with Gasteiger partial charge in [0.1, 0.15) is 0 Å². The van der Waals surface area contributed by atoms with Gasteiger partial charge in [-0.2, -0.15) is 5.10 Å². The van der Waals surface area contributed by atoms with Crippen LogP contribution >= 0.6 is 0 Å². The molecule has 1 heterocycles. The van der Waals surface area contributed by atoms with E-state index in [1.807, 2.05) is 0 Å². The Kier molecular flexibility index (Phi) is 1.39. The minimum atomic E-state index is 1.04. The Labute approximate surface area is 81.6 Å². The lowest BCUT2D eigenvalue weighted by molar-refractivity contribution is 1.07. The minimum absolute atomic E-state index is 1.04. The van der Waals surface area contributed by atoms with E-state index < -0.39 is 0 Å². The zero-order valence-corrected chi connectivity index (χ0v) is 7.91. The number of H-pyrrole nitrogens is 1. The summed E-state index contributed by atoms with van der Waals surface area (Å²) in [7, 11) is 0. The lowest BCUT2D eigenvalue weighted by Crippen LogP contribution is -1.75. The predicted octanol–water partition coefficient (Wildman–Crippen LogP) is 3.02. The van der Waals surface area contributed by atoms with Gasteiger partial charge in [-0.05, 0) is 23.8 Å². The van der Waals surface area contributed by atoms with Crippen molar-refractivity contribution in [3.63, 3.8) is 0 Å². The molecule has 0 fully saturated rings. The van der Waals surface area contributed by atoms with Crippen LogP contribution in [0, 0.1) is 6.92 Å². The number of rotatable bonds is 0. The molecular formula is C12H10N2. The van der Waals surface area contributed by atoms with E-state index in [1.54, 1.807) is 0 Å². The molecule has 0 aliphatic carbocycles. The first kappa shape index (κ1) is 7.56. The molecule has 2 heteroatoms. The van der Waals surface area contributed by atoms with E-state index in [-0.39, 0.29) is 0 Å². The highest BCUT2D eigenvalue weighted by Crippen LogP contribution is 2.25. The van der Waals surface area contributed by atoms with E-state index >= 15 is 0 Å². The number of aromatic amines is 1. The van der Waals surface area contributed by atoms with Gasteiger partial charge in [0.25, 0.3) is 0 Å². The van der Waals surface area contributed by atoms with Crippen LogP contribution in [0.1, 0.15) is 5.69 Å². The van der Waals surface area contributed by atoms with Gasteiger partial charge in [-0.3, -0.25) is 5.10 Å². The SMILES string of the molecule is Cc1[nH]nc2ccc3ccccc3c12. The average Bonchev–Trinajstić information content (AvgIpc) is 2.61. The Hall–Kier alpha value is -1.83. The summed E-state index contributed by atoms with van der Waals surface area (Å²) in [6.45, 7) is 2.06. The Morgan fingerprint density at radius 3 is 2.86 bits per heavy atom. The van der Waals surface area contributed by atoms with Crippen LogP contribution in [0.2, 0.25) is 0 Å². The standard InChI is InChI=1S/C12H10N2/c1-8-12-10-5-3-2-4-9(10)6-7-11(12)14-13-8/h2-7H,1H3,(H,13,14). The van der Waals surface area contributed by atoms with Crippen molar-refractivity contribution < 1.29 is 0 Å². The second kappa shape index (κ2) is 2.58. The smallest absolute Gasteiger partial charge is 0.0930 e. The maximum Gasteiger partial charge on any atom is 0.0930 e. The van der Waals surface area contributed by atoms with E-state index in [2.05, 4.69) is 53.5 Å². The van der Waals surface area contributed by atoms with Gasteiger partial charge in [0.2, 0.25) is 0 Å². The van der Waals surface area contributed by atoms with Crippen molar-refractivity contribution in [3.8, 4) is 0 Å². The van der Waals surface area contributed by atoms with Gasteiger partial charge in [-0.1, -0.05) is 30.3 Å². The van der Waals surface area contributed by atoms with Crippen molar-refractivity contribution in [2.75, 3.05) is 0 Å². The molecule has 0 saturated heterocycles. The summed E-state index contributed by atoms with van der Waals surface area (Å²) in [5.41, 5.74) is 2.18. The molecule has 2 nitrogen and oxygen atoms in total. The van der Waals surface area contributed by atoms with E-state index in [0.717, 1.165) is 11.2 Å². The van der Waals surface area contributed by atoms with Gasteiger partial charge in [-0.25, -0.2) is 0 Å². The first-order valence-electron chi connectivity index (χ1n) is 4.69. The van der Waals surface area contributed by atoms with E-state index in [4.69, 9.17) is 0 Å². The highest BCUT2D eigenvalue weighted by molar-refractivity contribution is 6.07. The molecule has 0 atom stereocenters. The fraction of sp³-hybridized carbons (Fsp3) is 0.0833. The van der Waals surface area contributed by atoms with E-state index in [1.165, 1.54) is 16.2 Å². The van der Waals surface area contributed by atoms with Gasteiger partial charge in [-0.15, -0.1) is 0 Å². The van der Waals surface area contributed by atoms with Gasteiger partial charge >= 0.3 is 0 Å². The Morgan fingerprint density at radius 2 is 1.93 bits per heavy atom. The lowest BCUT2D eigenvalue weighted by Gasteiger charge is -1.98. The monoisotopic (exact) mass is 182 g/mol. The fourth-order valence-corrected chi connectivity index (χ4v) is 1.95. The van der Waals surface area contributed by atoms with Crippen molar-refractivity contribution in [1.29, 1.82) is 0 Å². The molecule has 1 N–H and O–H groups in total. The fourth-order valence-electron chi connectivity index (χ4n) is 1.95. The summed E-state index contributed by atoms with van der Waals surface area (Å²) in [6, 6.07) is 12.6. The first-order valence-corrected chi connectivity index (χ1v) is 4.69. The molecule has 68 valence electrons. The third kappa shape index (κ3) is 0.880. The van der Waals surface area contributed by atoms with Crippen LogP contribution in [0.4, 0.5) is 0 Å². The van der Waals surface area contributed by atoms with E-state index in [9.17, 15) is 0 Å². The first-order chi connectivity index (χ1) is 6.86. The van der Waals surface area contributed by atoms with Gasteiger partial charge in [0, 0.05) is 11.1 Å². The zero-order valence-electron chi connectivity index (χ0n) is 7.91. The maximum atomic E-state index is 4.24. The van der Waals surface area contributed by atoms with Crippen LogP contribution in [-0.4, -0.2) is 10.2 Å². The molecule has 3 rings (SSSR count). The van der Waals surface area contributed by atoms with Crippen LogP contribution in [0.15, 0.2) is 36.4 Å². The number of aromatic nitrogens is 2. The predicted molar refractivity (Wildman–Crippen MR) is 58.3 cm³/mol. The number of nitrogens with one attached hydrogen (secondary N) is 1. The molecule has 0 bridgehead atoms. The molecule has 0 aliphatic heterocycles. The molecule has 0 amide bonds. The summed E-state index contributed by atoms with van der Waals surface area (Å²) >= 11 is 0. The number of benzene rings is 2. The van der Waals surface area contributed by atoms with Gasteiger partial charge in [0.15, 0.2) is 0 Å². The Bertz CT molecular complexity index is 608. The third-order valence-corrected chi connectivity index (χ3v) is 2.63. The highest BCUT2D eigenvalue weighted by Gasteiger charge is 2.04. The van der Waals surface area contributed by atoms with Crippen molar-refractivity contribution in [2.45, 2.75) is 6.92 Å². The quantitative estimate of drug-likeness (QED) is 0.568. The summed E-state index contributed by atoms with van der Waals surface area (Å²) in [5, 5.41) is 11.0. The number of fused-ring (bicyclic) bond motifs is 3. The molecule has 1 aromatic heterocycles. The lowest BCUT2D eigenvalue weighted by atomic mass is 10.1. The number of hydrogen-bond donors (Lipinski definition) is 1. The molecule has 0 saturated carbocycles. The van der Waals surface area contributed by atoms with Crippen molar-refractivity contribution in [1.82, 2.24) is 10.2 Å². The maximum absolute atomic E-state index is 4.24. The van der Waals surface area contributed by atoms with Crippen LogP contribution in [0.3, 0.4) is 0 Å². The van der Waals surface area contributed by atoms with Crippen molar-refractivity contribution in [3.05, 3.63) is 42.1 Å². The molecule has 0 radical (unpaired) electrons. The summed E-state index contributed by atoms with van der Waals surface area (Å²) in [5.74, 6) is 0. The van der Waals surface area contributed by atoms with Crippen LogP contribution in [-0.2, 0) is 0 Å². The van der Waals surface area contributed by atoms with Gasteiger partial charge in [0.05, 0.1) is 5.52 Å².